The first-order valence-corrected chi connectivity index (χ1v) is 6.78. The highest BCUT2D eigenvalue weighted by Crippen LogP contribution is 2.17. The Morgan fingerprint density at radius 3 is 3.00 bits per heavy atom. The zero-order valence-electron chi connectivity index (χ0n) is 11.7. The number of nitrogens with zero attached hydrogens (tertiary/aromatic N) is 4. The van der Waals surface area contributed by atoms with Crippen LogP contribution < -0.4 is 5.32 Å². The predicted molar refractivity (Wildman–Crippen MR) is 81.8 cm³/mol. The third-order valence-corrected chi connectivity index (χ3v) is 3.42. The molecule has 2 N–H and O–H groups in total. The van der Waals surface area contributed by atoms with Crippen molar-refractivity contribution in [1.29, 1.82) is 0 Å². The highest BCUT2D eigenvalue weighted by Gasteiger charge is 2.19. The maximum absolute atomic E-state index is 12.5. The summed E-state index contributed by atoms with van der Waals surface area (Å²) in [5.41, 5.74) is 3.25. The molecular formula is C15H12N6O. The normalized spacial score (nSPS) is 11.1. The van der Waals surface area contributed by atoms with Crippen molar-refractivity contribution in [3.05, 3.63) is 54.0 Å². The minimum atomic E-state index is -0.287. The number of aromatic nitrogens is 5. The molecule has 0 aliphatic heterocycles. The van der Waals surface area contributed by atoms with Crippen LogP contribution in [0.1, 0.15) is 16.1 Å². The van der Waals surface area contributed by atoms with E-state index in [1.54, 1.807) is 29.9 Å². The number of rotatable bonds is 2. The Labute approximate surface area is 125 Å². The number of anilines is 1. The van der Waals surface area contributed by atoms with Crippen molar-refractivity contribution in [2.24, 2.45) is 0 Å². The number of fused-ring (bicyclic) bond motifs is 2. The number of hydrogen-bond acceptors (Lipinski definition) is 4. The highest BCUT2D eigenvalue weighted by molar-refractivity contribution is 6.08. The summed E-state index contributed by atoms with van der Waals surface area (Å²) < 4.78 is 1.59. The summed E-state index contributed by atoms with van der Waals surface area (Å²) >= 11 is 0. The highest BCUT2D eigenvalue weighted by atomic mass is 16.1. The molecule has 0 aliphatic carbocycles. The first kappa shape index (κ1) is 12.5. The molecule has 1 amide bonds. The molecule has 0 bridgehead atoms. The molecule has 7 nitrogen and oxygen atoms in total. The van der Waals surface area contributed by atoms with E-state index >= 15 is 0 Å². The van der Waals surface area contributed by atoms with Gasteiger partial charge in [0.2, 0.25) is 5.95 Å². The van der Waals surface area contributed by atoms with Crippen LogP contribution in [0.2, 0.25) is 0 Å². The number of hydrogen-bond donors (Lipinski definition) is 2. The second kappa shape index (κ2) is 4.66. The van der Waals surface area contributed by atoms with Gasteiger partial charge >= 0.3 is 0 Å². The molecule has 0 unspecified atom stereocenters. The average Bonchev–Trinajstić information content (AvgIpc) is 3.05. The van der Waals surface area contributed by atoms with Gasteiger partial charge < -0.3 is 4.98 Å². The number of aromatic amines is 1. The molecule has 3 heterocycles. The number of aryl methyl sites for hydroxylation is 1. The Morgan fingerprint density at radius 2 is 2.14 bits per heavy atom. The minimum Gasteiger partial charge on any atom is -0.324 e. The first-order valence-electron chi connectivity index (χ1n) is 6.78. The fourth-order valence-electron chi connectivity index (χ4n) is 2.44. The summed E-state index contributed by atoms with van der Waals surface area (Å²) in [6.07, 6.45) is 3.39. The van der Waals surface area contributed by atoms with Gasteiger partial charge in [-0.2, -0.15) is 5.10 Å². The van der Waals surface area contributed by atoms with Crippen LogP contribution in [0.4, 0.5) is 5.95 Å². The van der Waals surface area contributed by atoms with Gasteiger partial charge in [0.1, 0.15) is 5.56 Å². The Hall–Kier alpha value is -3.22. The van der Waals surface area contributed by atoms with Gasteiger partial charge in [-0.3, -0.25) is 10.1 Å². The third kappa shape index (κ3) is 1.91. The van der Waals surface area contributed by atoms with E-state index in [2.05, 4.69) is 25.4 Å². The number of H-pyrrole nitrogens is 1. The molecule has 22 heavy (non-hydrogen) atoms. The smallest absolute Gasteiger partial charge is 0.263 e. The predicted octanol–water partition coefficient (Wildman–Crippen LogP) is 2.17. The van der Waals surface area contributed by atoms with Crippen LogP contribution in [0.25, 0.3) is 16.7 Å². The lowest BCUT2D eigenvalue weighted by atomic mass is 10.2. The molecular weight excluding hydrogens is 280 g/mol. The van der Waals surface area contributed by atoms with Gasteiger partial charge in [0.25, 0.3) is 5.91 Å². The lowest BCUT2D eigenvalue weighted by Gasteiger charge is -2.00. The fraction of sp³-hybridized carbons (Fsp3) is 0.0667. The molecule has 3 aromatic heterocycles. The quantitative estimate of drug-likeness (QED) is 0.592. The van der Waals surface area contributed by atoms with E-state index in [9.17, 15) is 4.79 Å². The molecule has 4 aromatic rings. The summed E-state index contributed by atoms with van der Waals surface area (Å²) in [5, 5.41) is 7.05. The number of para-hydroxylation sites is 2. The number of carbonyl (C=O) groups excluding carboxylic acids is 1. The largest absolute Gasteiger partial charge is 0.324 e. The zero-order valence-corrected chi connectivity index (χ0v) is 11.7. The molecule has 1 aromatic carbocycles. The first-order chi connectivity index (χ1) is 10.7. The van der Waals surface area contributed by atoms with Gasteiger partial charge in [-0.05, 0) is 25.1 Å². The van der Waals surface area contributed by atoms with Gasteiger partial charge in [-0.25, -0.2) is 14.5 Å². The number of benzene rings is 1. The Kier molecular flexibility index (Phi) is 2.65. The lowest BCUT2D eigenvalue weighted by molar-refractivity contribution is 0.102. The van der Waals surface area contributed by atoms with Crippen LogP contribution in [-0.2, 0) is 0 Å². The second-order valence-electron chi connectivity index (χ2n) is 4.90. The van der Waals surface area contributed by atoms with Crippen LogP contribution in [0.15, 0.2) is 42.7 Å². The van der Waals surface area contributed by atoms with Gasteiger partial charge in [0.15, 0.2) is 5.65 Å². The Balaban J connectivity index is 1.73. The molecule has 0 radical (unpaired) electrons. The van der Waals surface area contributed by atoms with E-state index in [0.717, 1.165) is 11.0 Å². The molecule has 0 fully saturated rings. The molecule has 0 saturated heterocycles. The van der Waals surface area contributed by atoms with Crippen LogP contribution in [0, 0.1) is 6.92 Å². The van der Waals surface area contributed by atoms with Gasteiger partial charge in [0.05, 0.1) is 16.7 Å². The molecule has 7 heteroatoms. The van der Waals surface area contributed by atoms with Crippen molar-refractivity contribution in [1.82, 2.24) is 24.6 Å². The summed E-state index contributed by atoms with van der Waals surface area (Å²) in [6, 6.07) is 9.35. The molecule has 0 atom stereocenters. The maximum atomic E-state index is 12.5. The monoisotopic (exact) mass is 292 g/mol. The van der Waals surface area contributed by atoms with Crippen molar-refractivity contribution >= 4 is 28.5 Å². The molecule has 0 aliphatic rings. The average molecular weight is 292 g/mol. The van der Waals surface area contributed by atoms with Gasteiger partial charge in [0, 0.05) is 12.4 Å². The SMILES string of the molecule is Cc1nn2cccnc2c1C(=O)Nc1nc2ccccc2[nH]1. The number of amides is 1. The fourth-order valence-corrected chi connectivity index (χ4v) is 2.44. The Morgan fingerprint density at radius 1 is 1.27 bits per heavy atom. The van der Waals surface area contributed by atoms with Crippen molar-refractivity contribution in [2.75, 3.05) is 5.32 Å². The second-order valence-corrected chi connectivity index (χ2v) is 4.90. The summed E-state index contributed by atoms with van der Waals surface area (Å²) in [7, 11) is 0. The van der Waals surface area contributed by atoms with E-state index < -0.39 is 0 Å². The van der Waals surface area contributed by atoms with E-state index in [4.69, 9.17) is 0 Å². The molecule has 0 saturated carbocycles. The van der Waals surface area contributed by atoms with E-state index in [0.29, 0.717) is 22.9 Å². The summed E-state index contributed by atoms with van der Waals surface area (Å²) in [4.78, 5) is 24.1. The van der Waals surface area contributed by atoms with Crippen LogP contribution in [0.5, 0.6) is 0 Å². The number of imidazole rings is 1. The van der Waals surface area contributed by atoms with E-state index in [1.807, 2.05) is 24.3 Å². The Bertz CT molecular complexity index is 967. The lowest BCUT2D eigenvalue weighted by Crippen LogP contribution is -2.14. The van der Waals surface area contributed by atoms with Crippen molar-refractivity contribution in [2.45, 2.75) is 6.92 Å². The summed E-state index contributed by atoms with van der Waals surface area (Å²) in [6.45, 7) is 1.78. The van der Waals surface area contributed by atoms with Crippen LogP contribution in [-0.4, -0.2) is 30.5 Å². The van der Waals surface area contributed by atoms with E-state index in [-0.39, 0.29) is 5.91 Å². The molecule has 0 spiro atoms. The maximum Gasteiger partial charge on any atom is 0.263 e. The van der Waals surface area contributed by atoms with Gasteiger partial charge in [-0.1, -0.05) is 12.1 Å². The molecule has 108 valence electrons. The minimum absolute atomic E-state index is 0.287. The van der Waals surface area contributed by atoms with E-state index in [1.165, 1.54) is 0 Å². The number of nitrogens with one attached hydrogen (secondary N) is 2. The van der Waals surface area contributed by atoms with Crippen LogP contribution >= 0.6 is 0 Å². The van der Waals surface area contributed by atoms with Gasteiger partial charge in [-0.15, -0.1) is 0 Å². The van der Waals surface area contributed by atoms with Crippen molar-refractivity contribution < 1.29 is 4.79 Å². The number of carbonyl (C=O) groups is 1. The zero-order chi connectivity index (χ0) is 15.1. The van der Waals surface area contributed by atoms with Crippen LogP contribution in [0.3, 0.4) is 0 Å². The topological polar surface area (TPSA) is 88.0 Å². The standard InChI is InChI=1S/C15H12N6O/c1-9-12(13-16-7-4-8-21(13)20-9)14(22)19-15-17-10-5-2-3-6-11(10)18-15/h2-8H,1H3,(H2,17,18,19,22). The molecule has 4 rings (SSSR count). The van der Waals surface area contributed by atoms with Crippen molar-refractivity contribution in [3.8, 4) is 0 Å². The third-order valence-electron chi connectivity index (χ3n) is 3.42. The van der Waals surface area contributed by atoms with Crippen molar-refractivity contribution in [3.63, 3.8) is 0 Å². The summed E-state index contributed by atoms with van der Waals surface area (Å²) in [5.74, 6) is 0.117.